The fourth-order valence-electron chi connectivity index (χ4n) is 4.30. The minimum absolute atomic E-state index is 0.0989. The van der Waals surface area contributed by atoms with Crippen LogP contribution in [0.15, 0.2) is 23.1 Å². The molecular weight excluding hydrogens is 444 g/mol. The van der Waals surface area contributed by atoms with Crippen molar-refractivity contribution < 1.29 is 4.79 Å². The number of nitriles is 2. The number of anilines is 1. The van der Waals surface area contributed by atoms with Gasteiger partial charge in [-0.15, -0.1) is 5.92 Å². The van der Waals surface area contributed by atoms with Gasteiger partial charge in [-0.05, 0) is 38.3 Å². The molecule has 3 aromatic rings. The lowest BCUT2D eigenvalue weighted by Crippen LogP contribution is -2.32. The summed E-state index contributed by atoms with van der Waals surface area (Å²) in [5, 5.41) is 26.1. The first kappa shape index (κ1) is 23.5. The maximum atomic E-state index is 13.6. The molecule has 2 aromatic heterocycles. The molecule has 0 atom stereocenters. The smallest absolute Gasteiger partial charge is 0.293 e. The van der Waals surface area contributed by atoms with Gasteiger partial charge in [0.15, 0.2) is 0 Å². The van der Waals surface area contributed by atoms with Gasteiger partial charge < -0.3 is 10.2 Å². The zero-order valence-corrected chi connectivity index (χ0v) is 19.6. The first-order valence-corrected chi connectivity index (χ1v) is 11.3. The largest absolute Gasteiger partial charge is 0.355 e. The molecule has 0 spiro atoms. The molecule has 0 bridgehead atoms. The Bertz CT molecular complexity index is 1470. The van der Waals surface area contributed by atoms with Gasteiger partial charge in [0, 0.05) is 31.3 Å². The third-order valence-electron chi connectivity index (χ3n) is 6.07. The molecule has 35 heavy (non-hydrogen) atoms. The Morgan fingerprint density at radius 3 is 2.43 bits per heavy atom. The molecule has 0 unspecified atom stereocenters. The van der Waals surface area contributed by atoms with Crippen LogP contribution in [0.3, 0.4) is 0 Å². The van der Waals surface area contributed by atoms with Crippen LogP contribution in [-0.2, 0) is 13.1 Å². The summed E-state index contributed by atoms with van der Waals surface area (Å²) in [6, 6.07) is 6.89. The van der Waals surface area contributed by atoms with Crippen molar-refractivity contribution in [2.75, 3.05) is 25.0 Å². The molecule has 0 saturated carbocycles. The van der Waals surface area contributed by atoms with Crippen LogP contribution in [-0.4, -0.2) is 45.4 Å². The summed E-state index contributed by atoms with van der Waals surface area (Å²) in [4.78, 5) is 32.5. The van der Waals surface area contributed by atoms with E-state index in [1.807, 2.05) is 16.7 Å². The molecule has 1 N–H and O–H groups in total. The van der Waals surface area contributed by atoms with E-state index in [0.29, 0.717) is 29.1 Å². The molecule has 1 aromatic carbocycles. The highest BCUT2D eigenvalue weighted by Crippen LogP contribution is 2.24. The highest BCUT2D eigenvalue weighted by Gasteiger charge is 2.23. The first-order valence-electron chi connectivity index (χ1n) is 11.3. The Balaban J connectivity index is 1.84. The summed E-state index contributed by atoms with van der Waals surface area (Å²) in [6.07, 6.45) is 4.81. The molecule has 3 heterocycles. The Kier molecular flexibility index (Phi) is 6.80. The second kappa shape index (κ2) is 10.1. The van der Waals surface area contributed by atoms with E-state index in [4.69, 9.17) is 4.98 Å². The van der Waals surface area contributed by atoms with Crippen molar-refractivity contribution in [3.63, 3.8) is 0 Å². The van der Waals surface area contributed by atoms with Crippen molar-refractivity contribution >= 4 is 22.9 Å². The van der Waals surface area contributed by atoms with Crippen LogP contribution < -0.4 is 15.8 Å². The number of carbonyl (C=O) groups excluding carboxylic acids is 1. The van der Waals surface area contributed by atoms with Crippen LogP contribution in [0.2, 0.25) is 0 Å². The minimum Gasteiger partial charge on any atom is -0.355 e. The fourth-order valence-corrected chi connectivity index (χ4v) is 4.30. The molecule has 10 heteroatoms. The number of nitrogens with one attached hydrogen (secondary N) is 1. The van der Waals surface area contributed by atoms with Crippen molar-refractivity contribution in [3.8, 4) is 24.0 Å². The molecule has 1 saturated heterocycles. The predicted molar refractivity (Wildman–Crippen MR) is 130 cm³/mol. The number of rotatable bonds is 5. The number of piperidine rings is 1. The van der Waals surface area contributed by atoms with Gasteiger partial charge in [0.2, 0.25) is 5.95 Å². The normalized spacial score (nSPS) is 13.0. The third kappa shape index (κ3) is 4.45. The van der Waals surface area contributed by atoms with Crippen molar-refractivity contribution in [3.05, 3.63) is 50.9 Å². The zero-order valence-electron chi connectivity index (χ0n) is 19.6. The van der Waals surface area contributed by atoms with Crippen molar-refractivity contribution in [1.29, 1.82) is 10.5 Å². The van der Waals surface area contributed by atoms with E-state index in [-0.39, 0.29) is 28.8 Å². The van der Waals surface area contributed by atoms with Crippen LogP contribution >= 0.6 is 0 Å². The van der Waals surface area contributed by atoms with Crippen LogP contribution in [0.4, 0.5) is 5.95 Å². The number of fused-ring (bicyclic) bond motifs is 1. The molecule has 1 fully saturated rings. The van der Waals surface area contributed by atoms with E-state index in [1.165, 1.54) is 36.5 Å². The van der Waals surface area contributed by atoms with Crippen molar-refractivity contribution in [1.82, 2.24) is 24.6 Å². The number of amides is 1. The Morgan fingerprint density at radius 1 is 1.14 bits per heavy atom. The molecule has 1 aliphatic rings. The van der Waals surface area contributed by atoms with Gasteiger partial charge in [-0.3, -0.25) is 14.2 Å². The number of imidazole rings is 1. The Hall–Kier alpha value is -4.62. The second-order valence-corrected chi connectivity index (χ2v) is 8.17. The van der Waals surface area contributed by atoms with E-state index in [2.05, 4.69) is 27.2 Å². The van der Waals surface area contributed by atoms with Crippen molar-refractivity contribution in [2.24, 2.45) is 0 Å². The van der Waals surface area contributed by atoms with Crippen LogP contribution in [0.25, 0.3) is 11.0 Å². The number of nitrogens with zero attached hydrogens (tertiary/aromatic N) is 7. The summed E-state index contributed by atoms with van der Waals surface area (Å²) >= 11 is 0. The van der Waals surface area contributed by atoms with Crippen LogP contribution in [0, 0.1) is 34.5 Å². The topological polar surface area (TPSA) is 133 Å². The first-order chi connectivity index (χ1) is 17.0. The Labute approximate surface area is 202 Å². The second-order valence-electron chi connectivity index (χ2n) is 8.17. The summed E-state index contributed by atoms with van der Waals surface area (Å²) in [7, 11) is 1.47. The average Bonchev–Trinajstić information content (AvgIpc) is 3.28. The van der Waals surface area contributed by atoms with E-state index in [1.54, 1.807) is 6.92 Å². The number of carbonyl (C=O) groups is 1. The lowest BCUT2D eigenvalue weighted by molar-refractivity contribution is 0.0963. The summed E-state index contributed by atoms with van der Waals surface area (Å²) < 4.78 is 3.04. The van der Waals surface area contributed by atoms with Crippen LogP contribution in [0.5, 0.6) is 0 Å². The van der Waals surface area contributed by atoms with Gasteiger partial charge in [0.25, 0.3) is 11.5 Å². The maximum Gasteiger partial charge on any atom is 0.293 e. The molecule has 10 nitrogen and oxygen atoms in total. The lowest BCUT2D eigenvalue weighted by Gasteiger charge is -2.27. The monoisotopic (exact) mass is 468 g/mol. The van der Waals surface area contributed by atoms with E-state index in [0.717, 1.165) is 25.9 Å². The maximum absolute atomic E-state index is 13.6. The molecule has 176 valence electrons. The van der Waals surface area contributed by atoms with Gasteiger partial charge in [0.1, 0.15) is 11.0 Å². The summed E-state index contributed by atoms with van der Waals surface area (Å²) in [5.41, 5.74) is 1.25. The molecular formula is C25H24N8O2. The molecule has 0 radical (unpaired) electrons. The lowest BCUT2D eigenvalue weighted by atomic mass is 9.98. The van der Waals surface area contributed by atoms with Crippen molar-refractivity contribution in [2.45, 2.75) is 39.3 Å². The Morgan fingerprint density at radius 2 is 1.83 bits per heavy atom. The molecule has 1 aliphatic heterocycles. The minimum atomic E-state index is -0.410. The molecule has 4 rings (SSSR count). The van der Waals surface area contributed by atoms with Gasteiger partial charge in [0.05, 0.1) is 42.6 Å². The molecule has 1 amide bonds. The highest BCUT2D eigenvalue weighted by atomic mass is 16.1. The molecule has 0 aliphatic carbocycles. The zero-order chi connectivity index (χ0) is 24.9. The van der Waals surface area contributed by atoms with E-state index < -0.39 is 5.91 Å². The van der Waals surface area contributed by atoms with Gasteiger partial charge in [-0.2, -0.15) is 15.6 Å². The SMILES string of the molecule is CC#CCn1c(N2CCCCC2)nc2cnn(Cc3c(C#N)cc(C(=O)NC)cc3C#N)c(=O)c21. The van der Waals surface area contributed by atoms with E-state index in [9.17, 15) is 20.1 Å². The number of aromatic nitrogens is 4. The quantitative estimate of drug-likeness (QED) is 0.564. The fraction of sp³-hybridized carbons (Fsp3) is 0.360. The predicted octanol–water partition coefficient (Wildman–Crippen LogP) is 1.76. The van der Waals surface area contributed by atoms with Gasteiger partial charge >= 0.3 is 0 Å². The van der Waals surface area contributed by atoms with E-state index >= 15 is 0 Å². The van der Waals surface area contributed by atoms with Crippen LogP contribution in [0.1, 0.15) is 53.2 Å². The summed E-state index contributed by atoms with van der Waals surface area (Å²) in [5.74, 6) is 6.20. The summed E-state index contributed by atoms with van der Waals surface area (Å²) in [6.45, 7) is 3.68. The van der Waals surface area contributed by atoms with Gasteiger partial charge in [-0.25, -0.2) is 9.67 Å². The third-order valence-corrected chi connectivity index (χ3v) is 6.07. The average molecular weight is 469 g/mol. The highest BCUT2D eigenvalue weighted by molar-refractivity contribution is 5.95. The standard InChI is InChI=1S/C25H24N8O2/c1-3-4-10-32-22-21(30-25(32)31-8-6-5-7-9-31)15-29-33(24(22)35)16-20-18(13-26)11-17(23(34)28-2)12-19(20)14-27/h11-12,15H,5-10,16H2,1-2H3,(H,28,34). The van der Waals surface area contributed by atoms with Gasteiger partial charge in [-0.1, -0.05) is 5.92 Å². The number of hydrogen-bond acceptors (Lipinski definition) is 7. The number of hydrogen-bond donors (Lipinski definition) is 1. The number of benzene rings is 1.